The normalized spacial score (nSPS) is 11.4. The summed E-state index contributed by atoms with van der Waals surface area (Å²) in [5, 5.41) is 3.53. The highest BCUT2D eigenvalue weighted by Gasteiger charge is 2.15. The average molecular weight is 454 g/mol. The molecule has 0 fully saturated rings. The van der Waals surface area contributed by atoms with Gasteiger partial charge in [-0.25, -0.2) is 0 Å². The van der Waals surface area contributed by atoms with Gasteiger partial charge in [-0.2, -0.15) is 0 Å². The van der Waals surface area contributed by atoms with Crippen molar-refractivity contribution in [1.29, 1.82) is 0 Å². The Bertz CT molecular complexity index is 799. The molecule has 0 bridgehead atoms. The molecule has 0 heterocycles. The molecule has 1 atom stereocenters. The molecule has 2 aromatic carbocycles. The lowest BCUT2D eigenvalue weighted by molar-refractivity contribution is 0.644. The van der Waals surface area contributed by atoms with Gasteiger partial charge in [0, 0.05) is 24.5 Å². The van der Waals surface area contributed by atoms with Crippen LogP contribution in [0.15, 0.2) is 54.5 Å². The molecule has 0 amide bonds. The molecule has 0 saturated carbocycles. The van der Waals surface area contributed by atoms with E-state index >= 15 is 0 Å². The molecule has 4 N–H and O–H groups in total. The first-order valence-electron chi connectivity index (χ1n) is 11.9. The number of hydrogen-bond acceptors (Lipinski definition) is 4. The number of nitrogens with one attached hydrogen (secondary N) is 2. The monoisotopic (exact) mass is 453 g/mol. The lowest BCUT2D eigenvalue weighted by atomic mass is 9.90. The predicted molar refractivity (Wildman–Crippen MR) is 146 cm³/mol. The lowest BCUT2D eigenvalue weighted by Gasteiger charge is -2.20. The highest BCUT2D eigenvalue weighted by atomic mass is 32.2. The van der Waals surface area contributed by atoms with E-state index in [1.54, 1.807) is 11.9 Å². The van der Waals surface area contributed by atoms with E-state index < -0.39 is 0 Å². The fourth-order valence-corrected chi connectivity index (χ4v) is 4.41. The van der Waals surface area contributed by atoms with E-state index in [4.69, 9.17) is 5.73 Å². The molecule has 32 heavy (non-hydrogen) atoms. The fourth-order valence-electron chi connectivity index (χ4n) is 3.49. The van der Waals surface area contributed by atoms with Crippen LogP contribution in [0.3, 0.4) is 0 Å². The van der Waals surface area contributed by atoms with E-state index in [1.807, 2.05) is 26.0 Å². The van der Waals surface area contributed by atoms with Crippen molar-refractivity contribution in [2.24, 2.45) is 5.73 Å². The van der Waals surface area contributed by atoms with Crippen LogP contribution < -0.4 is 15.8 Å². The molecule has 2 aromatic rings. The maximum atomic E-state index is 5.65. The van der Waals surface area contributed by atoms with Gasteiger partial charge in [-0.3, -0.25) is 4.72 Å². The van der Waals surface area contributed by atoms with Gasteiger partial charge in [-0.1, -0.05) is 83.3 Å². The van der Waals surface area contributed by atoms with Crippen LogP contribution in [0.2, 0.25) is 0 Å². The maximum absolute atomic E-state index is 5.65. The summed E-state index contributed by atoms with van der Waals surface area (Å²) >= 11 is 1.72. The van der Waals surface area contributed by atoms with Gasteiger partial charge in [-0.15, -0.1) is 0 Å². The second-order valence-corrected chi connectivity index (χ2v) is 8.50. The first-order valence-corrected chi connectivity index (χ1v) is 12.8. The zero-order chi connectivity index (χ0) is 23.8. The zero-order valence-corrected chi connectivity index (χ0v) is 21.4. The summed E-state index contributed by atoms with van der Waals surface area (Å²) in [4.78, 5) is 1.28. The van der Waals surface area contributed by atoms with Gasteiger partial charge in [0.1, 0.15) is 0 Å². The van der Waals surface area contributed by atoms with Crippen LogP contribution in [0.4, 0.5) is 0 Å². The second kappa shape index (κ2) is 16.7. The highest BCUT2D eigenvalue weighted by Crippen LogP contribution is 2.35. The predicted octanol–water partition coefficient (Wildman–Crippen LogP) is 6.79. The van der Waals surface area contributed by atoms with Crippen molar-refractivity contribution in [3.63, 3.8) is 0 Å². The van der Waals surface area contributed by atoms with Crippen molar-refractivity contribution in [3.05, 3.63) is 77.4 Å². The van der Waals surface area contributed by atoms with E-state index in [0.29, 0.717) is 12.5 Å². The Morgan fingerprint density at radius 2 is 1.66 bits per heavy atom. The molecule has 1 unspecified atom stereocenters. The first kappa shape index (κ1) is 28.2. The zero-order valence-electron chi connectivity index (χ0n) is 20.5. The smallest absolute Gasteiger partial charge is 0.0269 e. The number of nitrogens with two attached hydrogens (primary N) is 1. The molecular weight excluding hydrogens is 410 g/mol. The van der Waals surface area contributed by atoms with Crippen LogP contribution in [0.25, 0.3) is 12.2 Å². The summed E-state index contributed by atoms with van der Waals surface area (Å²) in [7, 11) is 0. The van der Waals surface area contributed by atoms with Crippen molar-refractivity contribution in [3.8, 4) is 0 Å². The Kier molecular flexibility index (Phi) is 14.7. The van der Waals surface area contributed by atoms with Crippen molar-refractivity contribution in [1.82, 2.24) is 10.0 Å². The van der Waals surface area contributed by atoms with Gasteiger partial charge in [0.05, 0.1) is 0 Å². The van der Waals surface area contributed by atoms with Crippen molar-refractivity contribution in [2.75, 3.05) is 19.6 Å². The van der Waals surface area contributed by atoms with Crippen molar-refractivity contribution < 1.29 is 0 Å². The third-order valence-electron chi connectivity index (χ3n) is 5.47. The Labute approximate surface area is 201 Å². The molecule has 0 aliphatic carbocycles. The summed E-state index contributed by atoms with van der Waals surface area (Å²) in [6.07, 6.45) is 7.22. The minimum Gasteiger partial charge on any atom is -0.326 e. The molecule has 0 spiro atoms. The van der Waals surface area contributed by atoms with Crippen LogP contribution in [0, 0.1) is 0 Å². The molecule has 0 aromatic heterocycles. The maximum Gasteiger partial charge on any atom is 0.0269 e. The number of aryl methyl sites for hydroxylation is 1. The molecular formula is C28H43N3S. The van der Waals surface area contributed by atoms with Crippen LogP contribution >= 0.6 is 11.9 Å². The molecule has 0 saturated heterocycles. The Balaban J connectivity index is 0.00000249. The summed E-state index contributed by atoms with van der Waals surface area (Å²) in [5.41, 5.74) is 12.0. The number of hydrogen-bond donors (Lipinski definition) is 3. The second-order valence-electron chi connectivity index (χ2n) is 7.57. The Morgan fingerprint density at radius 3 is 2.25 bits per heavy atom. The molecule has 176 valence electrons. The van der Waals surface area contributed by atoms with E-state index in [0.717, 1.165) is 44.5 Å². The molecule has 0 radical (unpaired) electrons. The number of rotatable bonds is 14. The molecule has 2 rings (SSSR count). The average Bonchev–Trinajstić information content (AvgIpc) is 2.86. The van der Waals surface area contributed by atoms with Gasteiger partial charge in [0.2, 0.25) is 0 Å². The summed E-state index contributed by atoms with van der Waals surface area (Å²) in [6, 6.07) is 13.0. The SMILES string of the molecule is C=Cc1ccc(SNCCNCCCc2ccc(CN)cc2)c(C(C)CC)c1C=C.CC. The van der Waals surface area contributed by atoms with Crippen LogP contribution in [0.5, 0.6) is 0 Å². The summed E-state index contributed by atoms with van der Waals surface area (Å²) in [6.45, 7) is 20.0. The van der Waals surface area contributed by atoms with Gasteiger partial charge >= 0.3 is 0 Å². The van der Waals surface area contributed by atoms with Crippen LogP contribution in [0.1, 0.15) is 74.3 Å². The third-order valence-corrected chi connectivity index (χ3v) is 6.40. The Morgan fingerprint density at radius 1 is 0.969 bits per heavy atom. The fraction of sp³-hybridized carbons (Fsp3) is 0.429. The molecule has 3 nitrogen and oxygen atoms in total. The van der Waals surface area contributed by atoms with Gasteiger partial charge in [0.15, 0.2) is 0 Å². The molecule has 0 aliphatic rings. The van der Waals surface area contributed by atoms with Crippen LogP contribution in [-0.2, 0) is 13.0 Å². The van der Waals surface area contributed by atoms with Crippen LogP contribution in [-0.4, -0.2) is 19.6 Å². The third kappa shape index (κ3) is 8.95. The minimum atomic E-state index is 0.485. The van der Waals surface area contributed by atoms with E-state index in [1.165, 1.54) is 27.1 Å². The first-order chi connectivity index (χ1) is 15.6. The largest absolute Gasteiger partial charge is 0.326 e. The standard InChI is InChI=1S/C26H37N3S.C2H6/c1-5-20(4)26-24(7-3)23(6-2)14-15-25(26)30-29-18-17-28-16-8-9-21-10-12-22(19-27)13-11-21;1-2/h6-7,10-15,20,28-29H,2-3,5,8-9,16-19,27H2,1,4H3;1-2H3. The van der Waals surface area contributed by atoms with E-state index in [2.05, 4.69) is 73.4 Å². The van der Waals surface area contributed by atoms with Crippen molar-refractivity contribution in [2.45, 2.75) is 64.3 Å². The van der Waals surface area contributed by atoms with Gasteiger partial charge in [-0.05, 0) is 77.6 Å². The van der Waals surface area contributed by atoms with Crippen molar-refractivity contribution >= 4 is 24.1 Å². The van der Waals surface area contributed by atoms with Gasteiger partial charge in [0.25, 0.3) is 0 Å². The van der Waals surface area contributed by atoms with E-state index in [-0.39, 0.29) is 0 Å². The van der Waals surface area contributed by atoms with E-state index in [9.17, 15) is 0 Å². The highest BCUT2D eigenvalue weighted by molar-refractivity contribution is 7.97. The molecule has 0 aliphatic heterocycles. The topological polar surface area (TPSA) is 50.1 Å². The lowest BCUT2D eigenvalue weighted by Crippen LogP contribution is -2.25. The summed E-state index contributed by atoms with van der Waals surface area (Å²) in [5.74, 6) is 0.485. The minimum absolute atomic E-state index is 0.485. The summed E-state index contributed by atoms with van der Waals surface area (Å²) < 4.78 is 3.51. The molecule has 4 heteroatoms. The Hall–Kier alpha value is -1.85. The quantitative estimate of drug-likeness (QED) is 0.218. The number of benzene rings is 2. The van der Waals surface area contributed by atoms with Gasteiger partial charge < -0.3 is 11.1 Å².